The van der Waals surface area contributed by atoms with Gasteiger partial charge in [-0.1, -0.05) is 43.5 Å². The van der Waals surface area contributed by atoms with E-state index in [0.29, 0.717) is 13.0 Å². The molecule has 0 fully saturated rings. The zero-order valence-electron chi connectivity index (χ0n) is 7.40. The molecule has 0 N–H and O–H groups in total. The zero-order valence-corrected chi connectivity index (χ0v) is 8.91. The van der Waals surface area contributed by atoms with Crippen molar-refractivity contribution in [2.75, 3.05) is 6.61 Å². The Morgan fingerprint density at radius 2 is 1.92 bits per heavy atom. The lowest BCUT2D eigenvalue weighted by molar-refractivity contribution is -0.144. The van der Waals surface area contributed by atoms with Crippen molar-refractivity contribution in [1.82, 2.24) is 0 Å². The Hall–Kier alpha value is 0.0500. The minimum absolute atomic E-state index is 0.379. The van der Waals surface area contributed by atoms with Gasteiger partial charge in [-0.25, -0.2) is 4.79 Å². The molecule has 12 heavy (non-hydrogen) atoms. The van der Waals surface area contributed by atoms with Gasteiger partial charge in [-0.2, -0.15) is 0 Å². The molecule has 0 aliphatic heterocycles. The van der Waals surface area contributed by atoms with Crippen LogP contribution in [0.4, 0.5) is 0 Å². The van der Waals surface area contributed by atoms with E-state index in [0.717, 1.165) is 12.8 Å². The molecule has 0 atom stereocenters. The molecular formula is C8H14Cl2O2. The van der Waals surface area contributed by atoms with Gasteiger partial charge in [0.25, 0.3) is 0 Å². The van der Waals surface area contributed by atoms with E-state index in [2.05, 4.69) is 0 Å². The standard InChI is InChI=1S/C8H14Cl2O2/c1-3-5-8(9,10)7(11)12-6-4-2/h3-6H2,1-2H3. The van der Waals surface area contributed by atoms with Crippen molar-refractivity contribution in [3.63, 3.8) is 0 Å². The van der Waals surface area contributed by atoms with Crippen molar-refractivity contribution in [2.45, 2.75) is 37.4 Å². The molecule has 2 nitrogen and oxygen atoms in total. The first kappa shape index (κ1) is 12.0. The van der Waals surface area contributed by atoms with E-state index in [4.69, 9.17) is 27.9 Å². The van der Waals surface area contributed by atoms with Crippen LogP contribution >= 0.6 is 23.2 Å². The summed E-state index contributed by atoms with van der Waals surface area (Å²) >= 11 is 11.4. The van der Waals surface area contributed by atoms with E-state index in [1.165, 1.54) is 0 Å². The summed E-state index contributed by atoms with van der Waals surface area (Å²) in [7, 11) is 0. The molecule has 0 aromatic carbocycles. The van der Waals surface area contributed by atoms with Crippen LogP contribution in [0.25, 0.3) is 0 Å². The quantitative estimate of drug-likeness (QED) is 0.518. The molecule has 0 aromatic rings. The number of alkyl halides is 2. The highest BCUT2D eigenvalue weighted by atomic mass is 35.5. The van der Waals surface area contributed by atoms with Gasteiger partial charge in [0.2, 0.25) is 4.33 Å². The van der Waals surface area contributed by atoms with E-state index in [1.54, 1.807) is 0 Å². The van der Waals surface area contributed by atoms with E-state index >= 15 is 0 Å². The Morgan fingerprint density at radius 1 is 1.33 bits per heavy atom. The first-order chi connectivity index (χ1) is 5.54. The van der Waals surface area contributed by atoms with E-state index in [-0.39, 0.29) is 0 Å². The lowest BCUT2D eigenvalue weighted by Gasteiger charge is -2.16. The summed E-state index contributed by atoms with van der Waals surface area (Å²) < 4.78 is 3.45. The second-order valence-electron chi connectivity index (χ2n) is 2.59. The number of hydrogen-bond donors (Lipinski definition) is 0. The molecule has 0 amide bonds. The summed E-state index contributed by atoms with van der Waals surface area (Å²) in [6.45, 7) is 4.20. The Labute approximate surface area is 83.2 Å². The van der Waals surface area contributed by atoms with Crippen molar-refractivity contribution in [1.29, 1.82) is 0 Å². The number of esters is 1. The Bertz CT molecular complexity index is 146. The third-order valence-corrected chi connectivity index (χ3v) is 1.99. The molecule has 0 spiro atoms. The number of rotatable bonds is 5. The van der Waals surface area contributed by atoms with Crippen molar-refractivity contribution in [3.8, 4) is 0 Å². The van der Waals surface area contributed by atoms with Crippen LogP contribution in [0.2, 0.25) is 0 Å². The molecule has 0 aromatic heterocycles. The molecule has 0 unspecified atom stereocenters. The Balaban J connectivity index is 3.88. The van der Waals surface area contributed by atoms with E-state index in [9.17, 15) is 4.79 Å². The molecule has 72 valence electrons. The summed E-state index contributed by atoms with van der Waals surface area (Å²) in [5.41, 5.74) is 0. The minimum Gasteiger partial charge on any atom is -0.463 e. The molecule has 0 rings (SSSR count). The number of carbonyl (C=O) groups excluding carboxylic acids is 1. The molecule has 4 heteroatoms. The van der Waals surface area contributed by atoms with Crippen LogP contribution in [-0.2, 0) is 9.53 Å². The predicted octanol–water partition coefficient (Wildman–Crippen LogP) is 2.91. The molecular weight excluding hydrogens is 199 g/mol. The summed E-state index contributed by atoms with van der Waals surface area (Å²) in [6.07, 6.45) is 1.97. The van der Waals surface area contributed by atoms with Crippen LogP contribution in [0.3, 0.4) is 0 Å². The van der Waals surface area contributed by atoms with Gasteiger partial charge in [-0.15, -0.1) is 0 Å². The fraction of sp³-hybridized carbons (Fsp3) is 0.875. The van der Waals surface area contributed by atoms with Gasteiger partial charge < -0.3 is 4.74 Å². The topological polar surface area (TPSA) is 26.3 Å². The normalized spacial score (nSPS) is 11.3. The zero-order chi connectivity index (χ0) is 9.61. The van der Waals surface area contributed by atoms with Crippen molar-refractivity contribution >= 4 is 29.2 Å². The maximum Gasteiger partial charge on any atom is 0.342 e. The van der Waals surface area contributed by atoms with Crippen molar-refractivity contribution in [3.05, 3.63) is 0 Å². The highest BCUT2D eigenvalue weighted by Gasteiger charge is 2.34. The smallest absolute Gasteiger partial charge is 0.342 e. The molecule has 0 aliphatic rings. The lowest BCUT2D eigenvalue weighted by Crippen LogP contribution is -2.28. The van der Waals surface area contributed by atoms with Gasteiger partial charge >= 0.3 is 5.97 Å². The predicted molar refractivity (Wildman–Crippen MR) is 50.6 cm³/mol. The first-order valence-electron chi connectivity index (χ1n) is 4.09. The molecule has 0 aliphatic carbocycles. The van der Waals surface area contributed by atoms with Crippen molar-refractivity contribution in [2.24, 2.45) is 0 Å². The molecule has 0 heterocycles. The molecule has 0 radical (unpaired) electrons. The summed E-state index contributed by atoms with van der Waals surface area (Å²) in [5, 5.41) is 0. The second-order valence-corrected chi connectivity index (χ2v) is 4.07. The maximum atomic E-state index is 11.1. The van der Waals surface area contributed by atoms with Crippen LogP contribution in [-0.4, -0.2) is 16.9 Å². The number of hydrogen-bond acceptors (Lipinski definition) is 2. The van der Waals surface area contributed by atoms with Crippen LogP contribution < -0.4 is 0 Å². The van der Waals surface area contributed by atoms with Crippen LogP contribution in [0.5, 0.6) is 0 Å². The maximum absolute atomic E-state index is 11.1. The first-order valence-corrected chi connectivity index (χ1v) is 4.85. The van der Waals surface area contributed by atoms with Gasteiger partial charge in [0.05, 0.1) is 6.61 Å². The molecule has 0 saturated carbocycles. The Kier molecular flexibility index (Phi) is 5.68. The number of carbonyl (C=O) groups is 1. The average Bonchev–Trinajstić information content (AvgIpc) is 2.00. The monoisotopic (exact) mass is 212 g/mol. The SMILES string of the molecule is CCCOC(=O)C(Cl)(Cl)CCC. The fourth-order valence-electron chi connectivity index (χ4n) is 0.716. The van der Waals surface area contributed by atoms with E-state index in [1.807, 2.05) is 13.8 Å². The summed E-state index contributed by atoms with van der Waals surface area (Å²) in [6, 6.07) is 0. The molecule has 0 bridgehead atoms. The minimum atomic E-state index is -1.36. The lowest BCUT2D eigenvalue weighted by atomic mass is 10.2. The van der Waals surface area contributed by atoms with E-state index < -0.39 is 10.3 Å². The second kappa shape index (κ2) is 5.65. The van der Waals surface area contributed by atoms with Crippen LogP contribution in [0.1, 0.15) is 33.1 Å². The summed E-state index contributed by atoms with van der Waals surface area (Å²) in [5.74, 6) is -0.533. The third-order valence-electron chi connectivity index (χ3n) is 1.30. The Morgan fingerprint density at radius 3 is 2.33 bits per heavy atom. The highest BCUT2D eigenvalue weighted by Crippen LogP contribution is 2.28. The van der Waals surface area contributed by atoms with Crippen LogP contribution in [0, 0.1) is 0 Å². The largest absolute Gasteiger partial charge is 0.463 e. The van der Waals surface area contributed by atoms with Gasteiger partial charge in [0, 0.05) is 0 Å². The number of halogens is 2. The average molecular weight is 213 g/mol. The van der Waals surface area contributed by atoms with Gasteiger partial charge in [0.1, 0.15) is 0 Å². The van der Waals surface area contributed by atoms with Crippen LogP contribution in [0.15, 0.2) is 0 Å². The number of ether oxygens (including phenoxy) is 1. The third kappa shape index (κ3) is 4.17. The van der Waals surface area contributed by atoms with Gasteiger partial charge in [0.15, 0.2) is 0 Å². The molecule has 0 saturated heterocycles. The summed E-state index contributed by atoms with van der Waals surface area (Å²) in [4.78, 5) is 11.1. The van der Waals surface area contributed by atoms with Gasteiger partial charge in [-0.05, 0) is 12.8 Å². The van der Waals surface area contributed by atoms with Gasteiger partial charge in [-0.3, -0.25) is 0 Å². The highest BCUT2D eigenvalue weighted by molar-refractivity contribution is 6.57. The van der Waals surface area contributed by atoms with Crippen molar-refractivity contribution < 1.29 is 9.53 Å². The fourth-order valence-corrected chi connectivity index (χ4v) is 1.20.